The first-order valence-corrected chi connectivity index (χ1v) is 16.2. The first kappa shape index (κ1) is 30.4. The molecular weight excluding hydrogens is 566 g/mol. The topological polar surface area (TPSA) is 122 Å². The third-order valence-electron chi connectivity index (χ3n) is 6.89. The Morgan fingerprint density at radius 3 is 1.98 bits per heavy atom. The number of carbonyl (C=O) groups is 1. The van der Waals surface area contributed by atoms with Gasteiger partial charge in [0.2, 0.25) is 15.9 Å². The van der Waals surface area contributed by atoms with E-state index in [1.165, 1.54) is 67.1 Å². The van der Waals surface area contributed by atoms with Gasteiger partial charge in [0.25, 0.3) is 10.0 Å². The van der Waals surface area contributed by atoms with Gasteiger partial charge in [-0.25, -0.2) is 16.8 Å². The summed E-state index contributed by atoms with van der Waals surface area (Å²) in [6.45, 7) is 2.28. The predicted octanol–water partition coefficient (Wildman–Crippen LogP) is 4.41. The van der Waals surface area contributed by atoms with E-state index in [4.69, 9.17) is 9.47 Å². The van der Waals surface area contributed by atoms with E-state index < -0.39 is 32.5 Å². The zero-order valence-electron chi connectivity index (χ0n) is 23.4. The van der Waals surface area contributed by atoms with E-state index in [2.05, 4.69) is 5.32 Å². The molecule has 0 radical (unpaired) electrons. The minimum atomic E-state index is -4.15. The zero-order chi connectivity index (χ0) is 29.6. The molecule has 0 aromatic heterocycles. The maximum Gasteiger partial charge on any atom is 0.264 e. The molecule has 10 nitrogen and oxygen atoms in total. The number of amides is 1. The van der Waals surface area contributed by atoms with E-state index in [1.54, 1.807) is 18.2 Å². The second-order valence-electron chi connectivity index (χ2n) is 9.75. The number of aryl methyl sites for hydroxylation is 1. The summed E-state index contributed by atoms with van der Waals surface area (Å²) in [7, 11) is -4.89. The first-order valence-electron chi connectivity index (χ1n) is 13.3. The molecule has 1 amide bonds. The SMILES string of the molecule is COc1ccc(N(CC(=O)Nc2ccc(S(=O)(=O)N3CCCCCC3)cc2)S(=O)(=O)c2ccc(C)cc2)cc1OC. The summed E-state index contributed by atoms with van der Waals surface area (Å²) in [6, 6.07) is 16.8. The highest BCUT2D eigenvalue weighted by Gasteiger charge is 2.29. The van der Waals surface area contributed by atoms with Crippen LogP contribution in [0.2, 0.25) is 0 Å². The molecule has 0 aliphatic carbocycles. The van der Waals surface area contributed by atoms with E-state index in [0.29, 0.717) is 30.3 Å². The highest BCUT2D eigenvalue weighted by Crippen LogP contribution is 2.34. The Morgan fingerprint density at radius 2 is 1.39 bits per heavy atom. The third-order valence-corrected chi connectivity index (χ3v) is 10.6. The quantitative estimate of drug-likeness (QED) is 0.365. The van der Waals surface area contributed by atoms with Crippen molar-refractivity contribution in [3.05, 3.63) is 72.3 Å². The Balaban J connectivity index is 1.58. The molecule has 0 bridgehead atoms. The lowest BCUT2D eigenvalue weighted by Crippen LogP contribution is -2.38. The number of hydrogen-bond donors (Lipinski definition) is 1. The van der Waals surface area contributed by atoms with Gasteiger partial charge in [0.05, 0.1) is 29.7 Å². The lowest BCUT2D eigenvalue weighted by molar-refractivity contribution is -0.114. The number of anilines is 2. The van der Waals surface area contributed by atoms with Crippen molar-refractivity contribution in [2.45, 2.75) is 42.4 Å². The Bertz CT molecular complexity index is 1570. The normalized spacial score (nSPS) is 14.6. The Labute approximate surface area is 242 Å². The van der Waals surface area contributed by atoms with Gasteiger partial charge < -0.3 is 14.8 Å². The Kier molecular flexibility index (Phi) is 9.57. The highest BCUT2D eigenvalue weighted by molar-refractivity contribution is 7.92. The standard InChI is InChI=1S/C29H35N3O7S2/c1-22-8-13-26(14-9-22)41(36,37)32(24-12-17-27(38-2)28(20-24)39-3)21-29(33)30-23-10-15-25(16-11-23)40(34,35)31-18-6-4-5-7-19-31/h8-17,20H,4-7,18-19,21H2,1-3H3,(H,30,33). The van der Waals surface area contributed by atoms with E-state index in [0.717, 1.165) is 35.6 Å². The molecule has 0 atom stereocenters. The van der Waals surface area contributed by atoms with Gasteiger partial charge in [0.1, 0.15) is 6.54 Å². The van der Waals surface area contributed by atoms with Crippen molar-refractivity contribution < 1.29 is 31.1 Å². The molecule has 1 N–H and O–H groups in total. The van der Waals surface area contributed by atoms with Crippen LogP contribution in [0.25, 0.3) is 0 Å². The molecule has 3 aromatic carbocycles. The van der Waals surface area contributed by atoms with Gasteiger partial charge in [-0.1, -0.05) is 30.5 Å². The lowest BCUT2D eigenvalue weighted by atomic mass is 10.2. The molecule has 1 aliphatic heterocycles. The van der Waals surface area contributed by atoms with E-state index >= 15 is 0 Å². The predicted molar refractivity (Wildman–Crippen MR) is 158 cm³/mol. The lowest BCUT2D eigenvalue weighted by Gasteiger charge is -2.25. The fourth-order valence-corrected chi connectivity index (χ4v) is 7.53. The number of hydrogen-bond acceptors (Lipinski definition) is 7. The molecule has 0 spiro atoms. The summed E-state index contributed by atoms with van der Waals surface area (Å²) in [4.78, 5) is 13.3. The van der Waals surface area contributed by atoms with Crippen molar-refractivity contribution in [3.8, 4) is 11.5 Å². The molecule has 3 aromatic rings. The van der Waals surface area contributed by atoms with Gasteiger partial charge >= 0.3 is 0 Å². The van der Waals surface area contributed by atoms with E-state index in [-0.39, 0.29) is 15.5 Å². The molecule has 1 saturated heterocycles. The average Bonchev–Trinajstić information content (AvgIpc) is 3.26. The molecular formula is C29H35N3O7S2. The summed E-state index contributed by atoms with van der Waals surface area (Å²) in [6.07, 6.45) is 3.68. The number of rotatable bonds is 10. The van der Waals surface area contributed by atoms with E-state index in [9.17, 15) is 21.6 Å². The van der Waals surface area contributed by atoms with Crippen LogP contribution < -0.4 is 19.1 Å². The van der Waals surface area contributed by atoms with Crippen molar-refractivity contribution in [3.63, 3.8) is 0 Å². The summed E-state index contributed by atoms with van der Waals surface area (Å²) in [5, 5.41) is 2.68. The van der Waals surface area contributed by atoms with Crippen molar-refractivity contribution in [1.82, 2.24) is 4.31 Å². The first-order chi connectivity index (χ1) is 19.6. The van der Waals surface area contributed by atoms with Crippen LogP contribution in [0.15, 0.2) is 76.5 Å². The molecule has 0 saturated carbocycles. The number of methoxy groups -OCH3 is 2. The number of nitrogens with one attached hydrogen (secondary N) is 1. The molecule has 41 heavy (non-hydrogen) atoms. The minimum Gasteiger partial charge on any atom is -0.493 e. The van der Waals surface area contributed by atoms with Crippen molar-refractivity contribution in [2.24, 2.45) is 0 Å². The van der Waals surface area contributed by atoms with Crippen LogP contribution in [0.1, 0.15) is 31.2 Å². The minimum absolute atomic E-state index is 0.0220. The number of sulfonamides is 2. The van der Waals surface area contributed by atoms with Gasteiger partial charge in [-0.05, 0) is 68.3 Å². The fraction of sp³-hybridized carbons (Fsp3) is 0.345. The monoisotopic (exact) mass is 601 g/mol. The molecule has 0 unspecified atom stereocenters. The van der Waals surface area contributed by atoms with Gasteiger partial charge in [-0.2, -0.15) is 4.31 Å². The zero-order valence-corrected chi connectivity index (χ0v) is 25.0. The number of carbonyl (C=O) groups excluding carboxylic acids is 1. The number of nitrogens with zero attached hydrogens (tertiary/aromatic N) is 2. The Hall–Kier alpha value is -3.61. The molecule has 1 heterocycles. The van der Waals surface area contributed by atoms with Crippen LogP contribution in [0, 0.1) is 6.92 Å². The second-order valence-corrected chi connectivity index (χ2v) is 13.6. The summed E-state index contributed by atoms with van der Waals surface area (Å²) >= 11 is 0. The van der Waals surface area contributed by atoms with Crippen LogP contribution in [-0.2, 0) is 24.8 Å². The average molecular weight is 602 g/mol. The fourth-order valence-electron chi connectivity index (χ4n) is 4.60. The van der Waals surface area contributed by atoms with Crippen LogP contribution in [-0.4, -0.2) is 60.9 Å². The van der Waals surface area contributed by atoms with Crippen LogP contribution in [0.5, 0.6) is 11.5 Å². The van der Waals surface area contributed by atoms with Crippen LogP contribution >= 0.6 is 0 Å². The van der Waals surface area contributed by atoms with E-state index in [1.807, 2.05) is 6.92 Å². The van der Waals surface area contributed by atoms with Gasteiger partial charge in [0.15, 0.2) is 11.5 Å². The molecule has 1 aliphatic rings. The van der Waals surface area contributed by atoms with Crippen molar-refractivity contribution >= 4 is 37.3 Å². The molecule has 1 fully saturated rings. The third kappa shape index (κ3) is 7.00. The maximum atomic E-state index is 13.7. The highest BCUT2D eigenvalue weighted by atomic mass is 32.2. The maximum absolute atomic E-state index is 13.7. The Morgan fingerprint density at radius 1 is 0.805 bits per heavy atom. The van der Waals surface area contributed by atoms with Crippen molar-refractivity contribution in [2.75, 3.05) is 43.5 Å². The number of ether oxygens (including phenoxy) is 2. The summed E-state index contributed by atoms with van der Waals surface area (Å²) in [5.74, 6) is 0.0953. The molecule has 220 valence electrons. The second kappa shape index (κ2) is 12.9. The van der Waals surface area contributed by atoms with Gasteiger partial charge in [-0.3, -0.25) is 9.10 Å². The van der Waals surface area contributed by atoms with Gasteiger partial charge in [0, 0.05) is 24.8 Å². The molecule has 4 rings (SSSR count). The van der Waals surface area contributed by atoms with Crippen LogP contribution in [0.3, 0.4) is 0 Å². The van der Waals surface area contributed by atoms with Crippen LogP contribution in [0.4, 0.5) is 11.4 Å². The smallest absolute Gasteiger partial charge is 0.264 e. The van der Waals surface area contributed by atoms with Gasteiger partial charge in [-0.15, -0.1) is 0 Å². The largest absolute Gasteiger partial charge is 0.493 e. The van der Waals surface area contributed by atoms with Crippen molar-refractivity contribution in [1.29, 1.82) is 0 Å². The summed E-state index contributed by atoms with van der Waals surface area (Å²) in [5.41, 5.74) is 1.43. The number of benzene rings is 3. The molecule has 12 heteroatoms. The summed E-state index contributed by atoms with van der Waals surface area (Å²) < 4.78 is 66.7.